The van der Waals surface area contributed by atoms with Gasteiger partial charge in [0.2, 0.25) is 5.91 Å². The first-order valence-electron chi connectivity index (χ1n) is 10.5. The third-order valence-electron chi connectivity index (χ3n) is 5.33. The summed E-state index contributed by atoms with van der Waals surface area (Å²) in [6.45, 7) is 11.6. The lowest BCUT2D eigenvalue weighted by Gasteiger charge is -2.25. The van der Waals surface area contributed by atoms with Crippen LogP contribution in [0.25, 0.3) is 11.3 Å². The zero-order valence-electron chi connectivity index (χ0n) is 18.6. The molecule has 31 heavy (non-hydrogen) atoms. The molecular formula is C24H28N2O3S2. The van der Waals surface area contributed by atoms with E-state index in [0.29, 0.717) is 19.6 Å². The summed E-state index contributed by atoms with van der Waals surface area (Å²) in [4.78, 5) is 21.3. The van der Waals surface area contributed by atoms with Crippen LogP contribution in [0.4, 0.5) is 0 Å². The van der Waals surface area contributed by atoms with E-state index >= 15 is 0 Å². The standard InChI is InChI=1S/C24H28N2O3S2/c1-13(2)23(17-6-7-19-20(11-17)29-9-8-28-19)26-22(27)12-21-24(25-16(5)31-21)18-10-14(3)30-15(18)4/h6-7,10-11,13,23H,8-9,12H2,1-5H3,(H,26,27). The average Bonchev–Trinajstić information content (AvgIpc) is 3.25. The minimum absolute atomic E-state index is 0.00286. The molecule has 1 atom stereocenters. The Hall–Kier alpha value is -2.38. The molecule has 1 unspecified atom stereocenters. The number of hydrogen-bond donors (Lipinski definition) is 1. The maximum Gasteiger partial charge on any atom is 0.225 e. The Morgan fingerprint density at radius 3 is 2.52 bits per heavy atom. The van der Waals surface area contributed by atoms with Crippen LogP contribution >= 0.6 is 22.7 Å². The van der Waals surface area contributed by atoms with E-state index in [1.807, 2.05) is 25.1 Å². The average molecular weight is 457 g/mol. The molecule has 4 rings (SSSR count). The predicted octanol–water partition coefficient (Wildman–Crippen LogP) is 5.62. The molecule has 1 aliphatic rings. The van der Waals surface area contributed by atoms with Crippen LogP contribution < -0.4 is 14.8 Å². The Morgan fingerprint density at radius 2 is 1.84 bits per heavy atom. The van der Waals surface area contributed by atoms with Crippen LogP contribution in [-0.4, -0.2) is 24.1 Å². The molecule has 2 aromatic heterocycles. The number of carbonyl (C=O) groups is 1. The first-order chi connectivity index (χ1) is 14.8. The maximum absolute atomic E-state index is 13.1. The third kappa shape index (κ3) is 4.77. The summed E-state index contributed by atoms with van der Waals surface area (Å²) in [7, 11) is 0. The summed E-state index contributed by atoms with van der Waals surface area (Å²) in [5, 5.41) is 4.22. The van der Waals surface area contributed by atoms with E-state index in [2.05, 4.69) is 39.1 Å². The van der Waals surface area contributed by atoms with Crippen molar-refractivity contribution in [2.75, 3.05) is 13.2 Å². The van der Waals surface area contributed by atoms with E-state index in [0.717, 1.165) is 38.2 Å². The quantitative estimate of drug-likeness (QED) is 0.523. The number of nitrogens with zero attached hydrogens (tertiary/aromatic N) is 1. The van der Waals surface area contributed by atoms with Gasteiger partial charge in [0.25, 0.3) is 0 Å². The van der Waals surface area contributed by atoms with Crippen molar-refractivity contribution >= 4 is 28.6 Å². The fourth-order valence-corrected chi connectivity index (χ4v) is 5.80. The van der Waals surface area contributed by atoms with Gasteiger partial charge in [-0.25, -0.2) is 4.98 Å². The van der Waals surface area contributed by atoms with Gasteiger partial charge in [0.05, 0.1) is 23.2 Å². The lowest BCUT2D eigenvalue weighted by atomic mass is 9.95. The van der Waals surface area contributed by atoms with Crippen LogP contribution in [0.3, 0.4) is 0 Å². The molecular weight excluding hydrogens is 428 g/mol. The van der Waals surface area contributed by atoms with Gasteiger partial charge in [-0.1, -0.05) is 19.9 Å². The Morgan fingerprint density at radius 1 is 1.10 bits per heavy atom. The van der Waals surface area contributed by atoms with Crippen LogP contribution in [0.2, 0.25) is 0 Å². The predicted molar refractivity (Wildman–Crippen MR) is 126 cm³/mol. The van der Waals surface area contributed by atoms with Crippen molar-refractivity contribution in [3.63, 3.8) is 0 Å². The van der Waals surface area contributed by atoms with Crippen molar-refractivity contribution < 1.29 is 14.3 Å². The highest BCUT2D eigenvalue weighted by Crippen LogP contribution is 2.36. The second-order valence-electron chi connectivity index (χ2n) is 8.20. The number of rotatable bonds is 6. The van der Waals surface area contributed by atoms with Gasteiger partial charge in [0.1, 0.15) is 13.2 Å². The monoisotopic (exact) mass is 456 g/mol. The summed E-state index contributed by atoms with van der Waals surface area (Å²) >= 11 is 3.37. The molecule has 0 saturated carbocycles. The second-order valence-corrected chi connectivity index (χ2v) is 10.9. The van der Waals surface area contributed by atoms with Crippen molar-refractivity contribution in [2.45, 2.75) is 47.1 Å². The van der Waals surface area contributed by atoms with Gasteiger partial charge in [-0.2, -0.15) is 0 Å². The SMILES string of the molecule is Cc1cc(-c2nc(C)sc2CC(=O)NC(c2ccc3c(c2)OCCO3)C(C)C)c(C)s1. The molecule has 0 aliphatic carbocycles. The maximum atomic E-state index is 13.1. The molecule has 1 aromatic carbocycles. The number of amides is 1. The highest BCUT2D eigenvalue weighted by Gasteiger charge is 2.23. The van der Waals surface area contributed by atoms with E-state index < -0.39 is 0 Å². The second kappa shape index (κ2) is 9.01. The minimum atomic E-state index is -0.106. The Balaban J connectivity index is 1.54. The number of aromatic nitrogens is 1. The molecule has 1 N–H and O–H groups in total. The van der Waals surface area contributed by atoms with Gasteiger partial charge >= 0.3 is 0 Å². The molecule has 1 aliphatic heterocycles. The van der Waals surface area contributed by atoms with Crippen LogP contribution in [0.15, 0.2) is 24.3 Å². The molecule has 164 valence electrons. The summed E-state index contributed by atoms with van der Waals surface area (Å²) in [6.07, 6.45) is 0.322. The Kier molecular flexibility index (Phi) is 6.34. The number of thiazole rings is 1. The molecule has 7 heteroatoms. The fourth-order valence-electron chi connectivity index (χ4n) is 3.92. The summed E-state index contributed by atoms with van der Waals surface area (Å²) < 4.78 is 11.4. The minimum Gasteiger partial charge on any atom is -0.486 e. The van der Waals surface area contributed by atoms with E-state index in [-0.39, 0.29) is 17.9 Å². The van der Waals surface area contributed by atoms with E-state index in [1.165, 1.54) is 9.75 Å². The lowest BCUT2D eigenvalue weighted by molar-refractivity contribution is -0.121. The fraction of sp³-hybridized carbons (Fsp3) is 0.417. The number of fused-ring (bicyclic) bond motifs is 1. The molecule has 0 saturated heterocycles. The van der Waals surface area contributed by atoms with Crippen LogP contribution in [0.1, 0.15) is 45.1 Å². The molecule has 0 spiro atoms. The molecule has 3 heterocycles. The van der Waals surface area contributed by atoms with Gasteiger partial charge in [-0.3, -0.25) is 4.79 Å². The Labute approximate surface area is 191 Å². The first kappa shape index (κ1) is 21.8. The molecule has 3 aromatic rings. The van der Waals surface area contributed by atoms with Gasteiger partial charge in [0.15, 0.2) is 11.5 Å². The number of benzene rings is 1. The van der Waals surface area contributed by atoms with Gasteiger partial charge in [0, 0.05) is 20.2 Å². The molecule has 5 nitrogen and oxygen atoms in total. The highest BCUT2D eigenvalue weighted by atomic mass is 32.1. The molecule has 0 bridgehead atoms. The van der Waals surface area contributed by atoms with Gasteiger partial charge < -0.3 is 14.8 Å². The van der Waals surface area contributed by atoms with Gasteiger partial charge in [-0.05, 0) is 50.5 Å². The molecule has 0 radical (unpaired) electrons. The smallest absolute Gasteiger partial charge is 0.225 e. The van der Waals surface area contributed by atoms with Crippen molar-refractivity contribution in [1.82, 2.24) is 10.3 Å². The number of hydrogen-bond acceptors (Lipinski definition) is 6. The number of carbonyl (C=O) groups excluding carboxylic acids is 1. The zero-order chi connectivity index (χ0) is 22.1. The van der Waals surface area contributed by atoms with E-state index in [1.54, 1.807) is 22.7 Å². The molecule has 1 amide bonds. The normalized spacial score (nSPS) is 14.0. The lowest BCUT2D eigenvalue weighted by Crippen LogP contribution is -2.33. The largest absolute Gasteiger partial charge is 0.486 e. The van der Waals surface area contributed by atoms with Crippen molar-refractivity contribution in [2.24, 2.45) is 5.92 Å². The van der Waals surface area contributed by atoms with Crippen molar-refractivity contribution in [1.29, 1.82) is 0 Å². The van der Waals surface area contributed by atoms with Crippen LogP contribution in [0, 0.1) is 26.7 Å². The number of ether oxygens (including phenoxy) is 2. The number of aryl methyl sites for hydroxylation is 3. The molecule has 0 fully saturated rings. The van der Waals surface area contributed by atoms with Crippen LogP contribution in [-0.2, 0) is 11.2 Å². The summed E-state index contributed by atoms with van der Waals surface area (Å²) in [5.74, 6) is 1.74. The van der Waals surface area contributed by atoms with Crippen LogP contribution in [0.5, 0.6) is 11.5 Å². The summed E-state index contributed by atoms with van der Waals surface area (Å²) in [5.41, 5.74) is 3.11. The first-order valence-corrected chi connectivity index (χ1v) is 12.2. The van der Waals surface area contributed by atoms with Crippen molar-refractivity contribution in [3.8, 4) is 22.8 Å². The number of thiophene rings is 1. The zero-order valence-corrected chi connectivity index (χ0v) is 20.2. The van der Waals surface area contributed by atoms with E-state index in [9.17, 15) is 4.79 Å². The van der Waals surface area contributed by atoms with Crippen molar-refractivity contribution in [3.05, 3.63) is 49.5 Å². The third-order valence-corrected chi connectivity index (χ3v) is 7.27. The van der Waals surface area contributed by atoms with Gasteiger partial charge in [-0.15, -0.1) is 22.7 Å². The Bertz CT molecular complexity index is 1100. The number of nitrogens with one attached hydrogen (secondary N) is 1. The summed E-state index contributed by atoms with van der Waals surface area (Å²) in [6, 6.07) is 7.99. The topological polar surface area (TPSA) is 60.5 Å². The highest BCUT2D eigenvalue weighted by molar-refractivity contribution is 7.13. The van der Waals surface area contributed by atoms with E-state index in [4.69, 9.17) is 14.5 Å².